The summed E-state index contributed by atoms with van der Waals surface area (Å²) in [6.07, 6.45) is 1.08. The van der Waals surface area contributed by atoms with Crippen molar-refractivity contribution in [2.24, 2.45) is 5.92 Å². The van der Waals surface area contributed by atoms with Crippen LogP contribution in [0.5, 0.6) is 0 Å². The van der Waals surface area contributed by atoms with Gasteiger partial charge in [-0.15, -0.1) is 11.3 Å². The maximum Gasteiger partial charge on any atom is 0.0465 e. The van der Waals surface area contributed by atoms with Crippen molar-refractivity contribution in [3.8, 4) is 0 Å². The molecule has 0 aliphatic heterocycles. The van der Waals surface area contributed by atoms with E-state index in [1.54, 1.807) is 7.11 Å². The van der Waals surface area contributed by atoms with Crippen molar-refractivity contribution in [3.63, 3.8) is 0 Å². The highest BCUT2D eigenvalue weighted by Crippen LogP contribution is 2.34. The molecule has 4 heteroatoms. The van der Waals surface area contributed by atoms with Crippen LogP contribution in [0.1, 0.15) is 31.2 Å². The second kappa shape index (κ2) is 7.43. The Morgan fingerprint density at radius 2 is 2.31 bits per heavy atom. The molecule has 2 unspecified atom stereocenters. The monoisotopic (exact) mass is 305 g/mol. The summed E-state index contributed by atoms with van der Waals surface area (Å²) in [4.78, 5) is 1.39. The van der Waals surface area contributed by atoms with Gasteiger partial charge in [-0.25, -0.2) is 0 Å². The van der Waals surface area contributed by atoms with Gasteiger partial charge >= 0.3 is 0 Å². The number of hydrogen-bond acceptors (Lipinski definition) is 3. The van der Waals surface area contributed by atoms with Gasteiger partial charge in [0.25, 0.3) is 0 Å². The lowest BCUT2D eigenvalue weighted by molar-refractivity contribution is 0.171. The van der Waals surface area contributed by atoms with Crippen LogP contribution in [0.25, 0.3) is 0 Å². The summed E-state index contributed by atoms with van der Waals surface area (Å²) in [5.41, 5.74) is 0. The van der Waals surface area contributed by atoms with E-state index in [-0.39, 0.29) is 0 Å². The Kier molecular flexibility index (Phi) is 6.58. The molecule has 0 spiro atoms. The van der Waals surface area contributed by atoms with Crippen molar-refractivity contribution in [1.29, 1.82) is 0 Å². The van der Waals surface area contributed by atoms with Gasteiger partial charge in [0.15, 0.2) is 0 Å². The first-order chi connectivity index (χ1) is 7.70. The molecule has 0 saturated heterocycles. The van der Waals surface area contributed by atoms with Crippen LogP contribution in [0.3, 0.4) is 0 Å². The van der Waals surface area contributed by atoms with Crippen LogP contribution < -0.4 is 5.32 Å². The number of ether oxygens (including phenoxy) is 1. The lowest BCUT2D eigenvalue weighted by Crippen LogP contribution is -2.27. The van der Waals surface area contributed by atoms with Crippen molar-refractivity contribution >= 4 is 27.3 Å². The average molecular weight is 306 g/mol. The van der Waals surface area contributed by atoms with Gasteiger partial charge in [-0.05, 0) is 46.3 Å². The Hall–Kier alpha value is 0.1000. The van der Waals surface area contributed by atoms with E-state index >= 15 is 0 Å². The van der Waals surface area contributed by atoms with E-state index in [0.29, 0.717) is 12.0 Å². The van der Waals surface area contributed by atoms with Crippen molar-refractivity contribution in [2.75, 3.05) is 20.3 Å². The number of methoxy groups -OCH3 is 1. The van der Waals surface area contributed by atoms with E-state index in [1.807, 2.05) is 11.3 Å². The second-order valence-electron chi connectivity index (χ2n) is 3.93. The molecule has 0 amide bonds. The standard InChI is InChI=1S/C12H20BrNOS/c1-4-14-11(9(2)5-7-15-3)12-10(13)6-8-16-12/h6,8-9,11,14H,4-5,7H2,1-3H3. The molecular formula is C12H20BrNOS. The van der Waals surface area contributed by atoms with Gasteiger partial charge in [0.1, 0.15) is 0 Å². The van der Waals surface area contributed by atoms with Crippen LogP contribution in [-0.2, 0) is 4.74 Å². The minimum absolute atomic E-state index is 0.425. The fourth-order valence-electron chi connectivity index (χ4n) is 1.77. The van der Waals surface area contributed by atoms with E-state index in [4.69, 9.17) is 4.74 Å². The fraction of sp³-hybridized carbons (Fsp3) is 0.667. The van der Waals surface area contributed by atoms with Crippen LogP contribution in [0.2, 0.25) is 0 Å². The first kappa shape index (κ1) is 14.2. The third kappa shape index (κ3) is 3.84. The molecule has 1 heterocycles. The van der Waals surface area contributed by atoms with Crippen LogP contribution >= 0.6 is 27.3 Å². The SMILES string of the molecule is CCNC(c1sccc1Br)C(C)CCOC. The first-order valence-corrected chi connectivity index (χ1v) is 7.33. The Balaban J connectivity index is 2.70. The zero-order valence-corrected chi connectivity index (χ0v) is 12.5. The third-order valence-electron chi connectivity index (χ3n) is 2.70. The molecule has 0 aliphatic rings. The molecule has 1 rings (SSSR count). The van der Waals surface area contributed by atoms with Gasteiger partial charge in [-0.1, -0.05) is 13.8 Å². The molecule has 0 saturated carbocycles. The smallest absolute Gasteiger partial charge is 0.0465 e. The largest absolute Gasteiger partial charge is 0.385 e. The Labute approximate surface area is 111 Å². The summed E-state index contributed by atoms with van der Waals surface area (Å²) in [5.74, 6) is 0.579. The highest BCUT2D eigenvalue weighted by atomic mass is 79.9. The number of nitrogens with one attached hydrogen (secondary N) is 1. The highest BCUT2D eigenvalue weighted by Gasteiger charge is 2.21. The Morgan fingerprint density at radius 3 is 2.81 bits per heavy atom. The summed E-state index contributed by atoms with van der Waals surface area (Å²) in [5, 5.41) is 5.69. The molecule has 0 fully saturated rings. The molecular weight excluding hydrogens is 286 g/mol. The molecule has 92 valence electrons. The van der Waals surface area contributed by atoms with E-state index in [2.05, 4.69) is 46.5 Å². The predicted octanol–water partition coefficient (Wildman–Crippen LogP) is 3.83. The molecule has 1 aromatic rings. The van der Waals surface area contributed by atoms with Crippen molar-refractivity contribution in [3.05, 3.63) is 20.8 Å². The zero-order valence-electron chi connectivity index (χ0n) is 10.1. The maximum atomic E-state index is 5.15. The topological polar surface area (TPSA) is 21.3 Å². The lowest BCUT2D eigenvalue weighted by Gasteiger charge is -2.24. The molecule has 0 radical (unpaired) electrons. The number of hydrogen-bond donors (Lipinski definition) is 1. The Morgan fingerprint density at radius 1 is 1.56 bits per heavy atom. The number of rotatable bonds is 7. The van der Waals surface area contributed by atoms with Gasteiger partial charge in [0.2, 0.25) is 0 Å². The summed E-state index contributed by atoms with van der Waals surface area (Å²) >= 11 is 5.42. The van der Waals surface area contributed by atoms with Crippen LogP contribution in [0, 0.1) is 5.92 Å². The van der Waals surface area contributed by atoms with Crippen LogP contribution in [0.15, 0.2) is 15.9 Å². The third-order valence-corrected chi connectivity index (χ3v) is 4.65. The summed E-state index contributed by atoms with van der Waals surface area (Å²) < 4.78 is 6.37. The second-order valence-corrected chi connectivity index (χ2v) is 5.73. The summed E-state index contributed by atoms with van der Waals surface area (Å²) in [6.45, 7) is 6.24. The van der Waals surface area contributed by atoms with Crippen LogP contribution in [-0.4, -0.2) is 20.3 Å². The maximum absolute atomic E-state index is 5.15. The average Bonchev–Trinajstić information content (AvgIpc) is 2.69. The quantitative estimate of drug-likeness (QED) is 0.826. The molecule has 2 nitrogen and oxygen atoms in total. The van der Waals surface area contributed by atoms with E-state index in [1.165, 1.54) is 9.35 Å². The van der Waals surface area contributed by atoms with Crippen molar-refractivity contribution in [2.45, 2.75) is 26.3 Å². The highest BCUT2D eigenvalue weighted by molar-refractivity contribution is 9.10. The summed E-state index contributed by atoms with van der Waals surface area (Å²) in [7, 11) is 1.76. The number of thiophene rings is 1. The summed E-state index contributed by atoms with van der Waals surface area (Å²) in [6, 6.07) is 2.54. The van der Waals surface area contributed by atoms with E-state index < -0.39 is 0 Å². The van der Waals surface area contributed by atoms with E-state index in [0.717, 1.165) is 19.6 Å². The number of halogens is 1. The normalized spacial score (nSPS) is 15.0. The van der Waals surface area contributed by atoms with E-state index in [9.17, 15) is 0 Å². The van der Waals surface area contributed by atoms with Gasteiger partial charge < -0.3 is 10.1 Å². The minimum Gasteiger partial charge on any atom is -0.385 e. The van der Waals surface area contributed by atoms with Gasteiger partial charge in [-0.3, -0.25) is 0 Å². The van der Waals surface area contributed by atoms with Crippen molar-refractivity contribution in [1.82, 2.24) is 5.32 Å². The molecule has 1 aromatic heterocycles. The molecule has 0 bridgehead atoms. The predicted molar refractivity (Wildman–Crippen MR) is 74.1 cm³/mol. The van der Waals surface area contributed by atoms with Gasteiger partial charge in [0, 0.05) is 29.1 Å². The van der Waals surface area contributed by atoms with Gasteiger partial charge in [0.05, 0.1) is 0 Å². The fourth-order valence-corrected chi connectivity index (χ4v) is 3.60. The Bertz CT molecular complexity index is 303. The molecule has 0 aliphatic carbocycles. The zero-order chi connectivity index (χ0) is 12.0. The molecule has 16 heavy (non-hydrogen) atoms. The molecule has 1 N–H and O–H groups in total. The van der Waals surface area contributed by atoms with Crippen molar-refractivity contribution < 1.29 is 4.74 Å². The minimum atomic E-state index is 0.425. The molecule has 0 aromatic carbocycles. The molecule has 2 atom stereocenters. The first-order valence-electron chi connectivity index (χ1n) is 5.65. The van der Waals surface area contributed by atoms with Gasteiger partial charge in [-0.2, -0.15) is 0 Å². The lowest BCUT2D eigenvalue weighted by atomic mass is 9.97. The van der Waals surface area contributed by atoms with Crippen LogP contribution in [0.4, 0.5) is 0 Å².